The molecule has 1 atom stereocenters. The van der Waals surface area contributed by atoms with E-state index in [1.807, 2.05) is 26.0 Å². The number of ether oxygens (including phenoxy) is 3. The van der Waals surface area contributed by atoms with E-state index in [1.165, 1.54) is 0 Å². The maximum atomic E-state index is 5.79. The molecule has 0 aliphatic heterocycles. The lowest BCUT2D eigenvalue weighted by Crippen LogP contribution is -2.17. The molecule has 0 heterocycles. The zero-order valence-corrected chi connectivity index (χ0v) is 10.9. The molecule has 96 valence electrons. The lowest BCUT2D eigenvalue weighted by molar-refractivity contribution is 0.288. The Balaban J connectivity index is 3.13. The SMILES string of the molecule is CCOc1c(OC)cc(C[C@H](C)N)cc1OC. The fourth-order valence-electron chi connectivity index (χ4n) is 1.71. The first kappa shape index (κ1) is 13.6. The van der Waals surface area contributed by atoms with E-state index < -0.39 is 0 Å². The van der Waals surface area contributed by atoms with E-state index in [4.69, 9.17) is 19.9 Å². The fourth-order valence-corrected chi connectivity index (χ4v) is 1.71. The van der Waals surface area contributed by atoms with Gasteiger partial charge in [-0.15, -0.1) is 0 Å². The Morgan fingerprint density at radius 3 is 2.06 bits per heavy atom. The minimum Gasteiger partial charge on any atom is -0.493 e. The van der Waals surface area contributed by atoms with Gasteiger partial charge < -0.3 is 19.9 Å². The minimum absolute atomic E-state index is 0.0994. The molecule has 0 bridgehead atoms. The van der Waals surface area contributed by atoms with E-state index in [0.717, 1.165) is 12.0 Å². The summed E-state index contributed by atoms with van der Waals surface area (Å²) < 4.78 is 16.2. The summed E-state index contributed by atoms with van der Waals surface area (Å²) in [7, 11) is 3.24. The summed E-state index contributed by atoms with van der Waals surface area (Å²) in [4.78, 5) is 0. The third-order valence-electron chi connectivity index (χ3n) is 2.37. The van der Waals surface area contributed by atoms with Crippen molar-refractivity contribution in [2.45, 2.75) is 26.3 Å². The molecule has 1 aromatic rings. The van der Waals surface area contributed by atoms with Crippen LogP contribution in [0.1, 0.15) is 19.4 Å². The van der Waals surface area contributed by atoms with Gasteiger partial charge in [-0.05, 0) is 38.0 Å². The summed E-state index contributed by atoms with van der Waals surface area (Å²) in [5.74, 6) is 2.01. The molecule has 0 saturated carbocycles. The van der Waals surface area contributed by atoms with Crippen LogP contribution >= 0.6 is 0 Å². The molecule has 17 heavy (non-hydrogen) atoms. The lowest BCUT2D eigenvalue weighted by Gasteiger charge is -2.16. The van der Waals surface area contributed by atoms with Gasteiger partial charge in [0.2, 0.25) is 5.75 Å². The zero-order chi connectivity index (χ0) is 12.8. The van der Waals surface area contributed by atoms with Crippen molar-refractivity contribution >= 4 is 0 Å². The molecule has 4 nitrogen and oxygen atoms in total. The van der Waals surface area contributed by atoms with Crippen LogP contribution in [0.3, 0.4) is 0 Å². The van der Waals surface area contributed by atoms with Crippen LogP contribution in [-0.4, -0.2) is 26.9 Å². The van der Waals surface area contributed by atoms with Gasteiger partial charge in [-0.2, -0.15) is 0 Å². The average Bonchev–Trinajstić information content (AvgIpc) is 2.30. The van der Waals surface area contributed by atoms with E-state index in [1.54, 1.807) is 14.2 Å². The summed E-state index contributed by atoms with van der Waals surface area (Å²) in [5, 5.41) is 0. The maximum absolute atomic E-state index is 5.79. The first-order chi connectivity index (χ1) is 8.12. The van der Waals surface area contributed by atoms with Gasteiger partial charge in [-0.25, -0.2) is 0 Å². The molecule has 4 heteroatoms. The Morgan fingerprint density at radius 1 is 1.18 bits per heavy atom. The Bertz CT molecular complexity index is 339. The second-order valence-corrected chi connectivity index (χ2v) is 3.94. The van der Waals surface area contributed by atoms with E-state index in [0.29, 0.717) is 23.9 Å². The predicted molar refractivity (Wildman–Crippen MR) is 68.1 cm³/mol. The molecule has 0 unspecified atom stereocenters. The Labute approximate surface area is 103 Å². The van der Waals surface area contributed by atoms with Gasteiger partial charge >= 0.3 is 0 Å². The highest BCUT2D eigenvalue weighted by atomic mass is 16.5. The van der Waals surface area contributed by atoms with E-state index >= 15 is 0 Å². The maximum Gasteiger partial charge on any atom is 0.203 e. The minimum atomic E-state index is 0.0994. The number of nitrogens with two attached hydrogens (primary N) is 1. The number of rotatable bonds is 6. The third kappa shape index (κ3) is 3.53. The predicted octanol–water partition coefficient (Wildman–Crippen LogP) is 1.99. The smallest absolute Gasteiger partial charge is 0.203 e. The summed E-state index contributed by atoms with van der Waals surface area (Å²) >= 11 is 0. The molecule has 0 aliphatic carbocycles. The van der Waals surface area contributed by atoms with Crippen LogP contribution in [-0.2, 0) is 6.42 Å². The molecular formula is C13H21NO3. The molecule has 0 aromatic heterocycles. The van der Waals surface area contributed by atoms with Gasteiger partial charge in [0.25, 0.3) is 0 Å². The summed E-state index contributed by atoms with van der Waals surface area (Å²) in [6, 6.07) is 3.98. The Hall–Kier alpha value is -1.42. The second-order valence-electron chi connectivity index (χ2n) is 3.94. The van der Waals surface area contributed by atoms with Crippen LogP contribution in [0.25, 0.3) is 0 Å². The van der Waals surface area contributed by atoms with E-state index in [2.05, 4.69) is 0 Å². The van der Waals surface area contributed by atoms with Gasteiger partial charge in [-0.3, -0.25) is 0 Å². The molecular weight excluding hydrogens is 218 g/mol. The molecule has 0 amide bonds. The van der Waals surface area contributed by atoms with Crippen molar-refractivity contribution in [3.8, 4) is 17.2 Å². The van der Waals surface area contributed by atoms with Crippen molar-refractivity contribution in [1.29, 1.82) is 0 Å². The van der Waals surface area contributed by atoms with Gasteiger partial charge in [-0.1, -0.05) is 0 Å². The third-order valence-corrected chi connectivity index (χ3v) is 2.37. The molecule has 0 radical (unpaired) electrons. The van der Waals surface area contributed by atoms with Crippen molar-refractivity contribution in [3.05, 3.63) is 17.7 Å². The molecule has 0 aliphatic rings. The normalized spacial score (nSPS) is 12.1. The Morgan fingerprint density at radius 2 is 1.71 bits per heavy atom. The second kappa shape index (κ2) is 6.35. The topological polar surface area (TPSA) is 53.7 Å². The summed E-state index contributed by atoms with van der Waals surface area (Å²) in [5.41, 5.74) is 6.87. The highest BCUT2D eigenvalue weighted by Gasteiger charge is 2.14. The van der Waals surface area contributed by atoms with Crippen molar-refractivity contribution in [2.24, 2.45) is 5.73 Å². The highest BCUT2D eigenvalue weighted by molar-refractivity contribution is 5.54. The van der Waals surface area contributed by atoms with Crippen molar-refractivity contribution in [2.75, 3.05) is 20.8 Å². The van der Waals surface area contributed by atoms with Crippen LogP contribution in [0, 0.1) is 0 Å². The first-order valence-electron chi connectivity index (χ1n) is 5.75. The van der Waals surface area contributed by atoms with Gasteiger partial charge in [0.05, 0.1) is 20.8 Å². The molecule has 0 saturated heterocycles. The lowest BCUT2D eigenvalue weighted by atomic mass is 10.1. The highest BCUT2D eigenvalue weighted by Crippen LogP contribution is 2.38. The summed E-state index contributed by atoms with van der Waals surface area (Å²) in [6.45, 7) is 4.46. The van der Waals surface area contributed by atoms with Crippen molar-refractivity contribution in [3.63, 3.8) is 0 Å². The molecule has 2 N–H and O–H groups in total. The van der Waals surface area contributed by atoms with Crippen molar-refractivity contribution < 1.29 is 14.2 Å². The molecule has 0 spiro atoms. The number of benzene rings is 1. The number of hydrogen-bond acceptors (Lipinski definition) is 4. The fraction of sp³-hybridized carbons (Fsp3) is 0.538. The largest absolute Gasteiger partial charge is 0.493 e. The monoisotopic (exact) mass is 239 g/mol. The Kier molecular flexibility index (Phi) is 5.10. The van der Waals surface area contributed by atoms with Crippen LogP contribution in [0.15, 0.2) is 12.1 Å². The molecule has 0 fully saturated rings. The van der Waals surface area contributed by atoms with E-state index in [9.17, 15) is 0 Å². The quantitative estimate of drug-likeness (QED) is 0.825. The standard InChI is InChI=1S/C13H21NO3/c1-5-17-13-11(15-3)7-10(6-9(2)14)8-12(13)16-4/h7-9H,5-6,14H2,1-4H3/t9-/m0/s1. The molecule has 1 aromatic carbocycles. The van der Waals surface area contributed by atoms with Crippen LogP contribution in [0.4, 0.5) is 0 Å². The van der Waals surface area contributed by atoms with Crippen LogP contribution in [0.5, 0.6) is 17.2 Å². The first-order valence-corrected chi connectivity index (χ1v) is 5.75. The van der Waals surface area contributed by atoms with Crippen LogP contribution in [0.2, 0.25) is 0 Å². The zero-order valence-electron chi connectivity index (χ0n) is 10.9. The number of methoxy groups -OCH3 is 2. The van der Waals surface area contributed by atoms with Crippen LogP contribution < -0.4 is 19.9 Å². The van der Waals surface area contributed by atoms with Gasteiger partial charge in [0, 0.05) is 6.04 Å². The average molecular weight is 239 g/mol. The van der Waals surface area contributed by atoms with Crippen molar-refractivity contribution in [1.82, 2.24) is 0 Å². The number of hydrogen-bond donors (Lipinski definition) is 1. The summed E-state index contributed by atoms with van der Waals surface area (Å²) in [6.07, 6.45) is 0.777. The van der Waals surface area contributed by atoms with Gasteiger partial charge in [0.1, 0.15) is 0 Å². The van der Waals surface area contributed by atoms with Gasteiger partial charge in [0.15, 0.2) is 11.5 Å². The van der Waals surface area contributed by atoms with E-state index in [-0.39, 0.29) is 6.04 Å². The molecule has 1 rings (SSSR count).